The van der Waals surface area contributed by atoms with Gasteiger partial charge in [-0.2, -0.15) is 26.3 Å². The second-order valence-electron chi connectivity index (χ2n) is 4.53. The Bertz CT molecular complexity index is 372. The summed E-state index contributed by atoms with van der Waals surface area (Å²) in [6.07, 6.45) is -11.7. The Morgan fingerprint density at radius 2 is 1.38 bits per heavy atom. The second-order valence-corrected chi connectivity index (χ2v) is 4.53. The Labute approximate surface area is 116 Å². The smallest absolute Gasteiger partial charge is 0.409 e. The van der Waals surface area contributed by atoms with Gasteiger partial charge in [0.25, 0.3) is 0 Å². The maximum absolute atomic E-state index is 12.3. The lowest BCUT2D eigenvalue weighted by Crippen LogP contribution is -2.51. The van der Waals surface area contributed by atoms with Crippen LogP contribution >= 0.6 is 0 Å². The Morgan fingerprint density at radius 1 is 1.00 bits per heavy atom. The summed E-state index contributed by atoms with van der Waals surface area (Å²) in [7, 11) is 0. The van der Waals surface area contributed by atoms with Crippen molar-refractivity contribution in [3.63, 3.8) is 0 Å². The molecule has 0 aromatic heterocycles. The van der Waals surface area contributed by atoms with Crippen LogP contribution in [0.25, 0.3) is 0 Å². The Balaban J connectivity index is 5.15. The fraction of sp³-hybridized carbons (Fsp3) is 0.818. The van der Waals surface area contributed by atoms with Gasteiger partial charge in [-0.05, 0) is 12.8 Å². The van der Waals surface area contributed by atoms with E-state index in [1.807, 2.05) is 0 Å². The molecule has 124 valence electrons. The first-order valence-corrected chi connectivity index (χ1v) is 5.96. The molecule has 0 heterocycles. The molecule has 0 aliphatic heterocycles. The van der Waals surface area contributed by atoms with Gasteiger partial charge in [0.1, 0.15) is 0 Å². The number of carboxylic acids is 1. The summed E-state index contributed by atoms with van der Waals surface area (Å²) in [5, 5.41) is 10.5. The zero-order valence-electron chi connectivity index (χ0n) is 11.2. The molecule has 0 radical (unpaired) electrons. The highest BCUT2D eigenvalue weighted by Gasteiger charge is 2.61. The topological polar surface area (TPSA) is 66.4 Å². The number of amides is 1. The van der Waals surface area contributed by atoms with Crippen molar-refractivity contribution in [2.75, 3.05) is 6.54 Å². The maximum atomic E-state index is 12.3. The van der Waals surface area contributed by atoms with E-state index in [-0.39, 0.29) is 12.8 Å². The highest BCUT2D eigenvalue weighted by molar-refractivity contribution is 5.82. The summed E-state index contributed by atoms with van der Waals surface area (Å²) in [4.78, 5) is 22.3. The Morgan fingerprint density at radius 3 is 1.62 bits per heavy atom. The third-order valence-electron chi connectivity index (χ3n) is 3.33. The minimum atomic E-state index is -5.80. The van der Waals surface area contributed by atoms with Crippen LogP contribution in [-0.4, -0.2) is 35.9 Å². The van der Waals surface area contributed by atoms with Crippen LogP contribution in [0.1, 0.15) is 26.7 Å². The molecule has 0 atom stereocenters. The van der Waals surface area contributed by atoms with Crippen molar-refractivity contribution in [3.8, 4) is 0 Å². The van der Waals surface area contributed by atoms with Crippen molar-refractivity contribution < 1.29 is 41.0 Å². The summed E-state index contributed by atoms with van der Waals surface area (Å²) in [5.74, 6) is -7.88. The molecule has 0 aliphatic carbocycles. The number of halogens is 6. The molecular formula is C11H15F6NO3. The second kappa shape index (κ2) is 6.52. The van der Waals surface area contributed by atoms with Crippen LogP contribution in [0, 0.1) is 11.3 Å². The van der Waals surface area contributed by atoms with Gasteiger partial charge < -0.3 is 10.4 Å². The molecule has 0 saturated heterocycles. The zero-order chi connectivity index (χ0) is 17.1. The van der Waals surface area contributed by atoms with Crippen LogP contribution in [0.5, 0.6) is 0 Å². The first-order valence-electron chi connectivity index (χ1n) is 5.96. The van der Waals surface area contributed by atoms with E-state index in [1.165, 1.54) is 19.2 Å². The minimum Gasteiger partial charge on any atom is -0.481 e. The molecular weight excluding hydrogens is 308 g/mol. The predicted molar refractivity (Wildman–Crippen MR) is 59.3 cm³/mol. The SMILES string of the molecule is CCC(CC)(CNC(=O)C(C(F)(F)F)C(F)(F)F)C(=O)O. The molecule has 0 aromatic carbocycles. The van der Waals surface area contributed by atoms with Gasteiger partial charge in [0.2, 0.25) is 11.8 Å². The number of aliphatic carboxylic acids is 1. The number of hydrogen-bond acceptors (Lipinski definition) is 2. The van der Waals surface area contributed by atoms with E-state index in [0.717, 1.165) is 0 Å². The van der Waals surface area contributed by atoms with E-state index in [2.05, 4.69) is 0 Å². The molecule has 0 aliphatic rings. The van der Waals surface area contributed by atoms with E-state index in [0.29, 0.717) is 0 Å². The van der Waals surface area contributed by atoms with E-state index >= 15 is 0 Å². The molecule has 2 N–H and O–H groups in total. The molecule has 0 spiro atoms. The van der Waals surface area contributed by atoms with Crippen molar-refractivity contribution in [2.24, 2.45) is 11.3 Å². The van der Waals surface area contributed by atoms with E-state index < -0.39 is 42.1 Å². The lowest BCUT2D eigenvalue weighted by molar-refractivity contribution is -0.274. The normalized spacial score (nSPS) is 13.4. The van der Waals surface area contributed by atoms with Gasteiger partial charge in [0.05, 0.1) is 5.41 Å². The van der Waals surface area contributed by atoms with Gasteiger partial charge in [-0.25, -0.2) is 0 Å². The average Bonchev–Trinajstić information content (AvgIpc) is 2.26. The van der Waals surface area contributed by atoms with Gasteiger partial charge in [-0.15, -0.1) is 0 Å². The standard InChI is InChI=1S/C11H15F6NO3/c1-3-9(4-2,8(20)21)5-18-7(19)6(10(12,13)14)11(15,16)17/h6H,3-5H2,1-2H3,(H,18,19)(H,20,21). The van der Waals surface area contributed by atoms with Crippen molar-refractivity contribution in [3.05, 3.63) is 0 Å². The number of carbonyl (C=O) groups is 2. The molecule has 0 unspecified atom stereocenters. The molecule has 4 nitrogen and oxygen atoms in total. The Hall–Kier alpha value is -1.48. The average molecular weight is 323 g/mol. The molecule has 0 rings (SSSR count). The fourth-order valence-corrected chi connectivity index (χ4v) is 1.72. The lowest BCUT2D eigenvalue weighted by Gasteiger charge is -2.28. The summed E-state index contributed by atoms with van der Waals surface area (Å²) >= 11 is 0. The third-order valence-corrected chi connectivity index (χ3v) is 3.33. The minimum absolute atomic E-state index is 0.0538. The van der Waals surface area contributed by atoms with E-state index in [9.17, 15) is 35.9 Å². The van der Waals surface area contributed by atoms with Crippen LogP contribution in [0.3, 0.4) is 0 Å². The fourth-order valence-electron chi connectivity index (χ4n) is 1.72. The largest absolute Gasteiger partial charge is 0.481 e. The third kappa shape index (κ3) is 4.78. The van der Waals surface area contributed by atoms with Gasteiger partial charge in [-0.1, -0.05) is 13.8 Å². The predicted octanol–water partition coefficient (Wildman–Crippen LogP) is 2.73. The van der Waals surface area contributed by atoms with Gasteiger partial charge in [0.15, 0.2) is 0 Å². The van der Waals surface area contributed by atoms with Crippen LogP contribution < -0.4 is 5.32 Å². The number of alkyl halides is 6. The van der Waals surface area contributed by atoms with Crippen LogP contribution in [-0.2, 0) is 9.59 Å². The Kier molecular flexibility index (Phi) is 6.06. The number of carboxylic acid groups (broad SMARTS) is 1. The van der Waals surface area contributed by atoms with Gasteiger partial charge in [-0.3, -0.25) is 9.59 Å². The van der Waals surface area contributed by atoms with Crippen molar-refractivity contribution in [2.45, 2.75) is 39.0 Å². The molecule has 10 heteroatoms. The number of nitrogens with one attached hydrogen (secondary N) is 1. The van der Waals surface area contributed by atoms with Gasteiger partial charge >= 0.3 is 18.3 Å². The summed E-state index contributed by atoms with van der Waals surface area (Å²) in [5.41, 5.74) is -1.60. The molecule has 0 aromatic rings. The van der Waals surface area contributed by atoms with E-state index in [1.54, 1.807) is 0 Å². The number of rotatable bonds is 6. The first-order chi connectivity index (χ1) is 9.31. The van der Waals surface area contributed by atoms with Crippen molar-refractivity contribution in [1.82, 2.24) is 5.32 Å². The summed E-state index contributed by atoms with van der Waals surface area (Å²) < 4.78 is 73.9. The molecule has 0 fully saturated rings. The van der Waals surface area contributed by atoms with Crippen LogP contribution in [0.2, 0.25) is 0 Å². The summed E-state index contributed by atoms with van der Waals surface area (Å²) in [6, 6.07) is 0. The van der Waals surface area contributed by atoms with Crippen LogP contribution in [0.15, 0.2) is 0 Å². The summed E-state index contributed by atoms with van der Waals surface area (Å²) in [6.45, 7) is 2.01. The number of carbonyl (C=O) groups excluding carboxylic acids is 1. The van der Waals surface area contributed by atoms with Crippen molar-refractivity contribution in [1.29, 1.82) is 0 Å². The molecule has 1 amide bonds. The molecule has 0 saturated carbocycles. The number of hydrogen-bond donors (Lipinski definition) is 2. The van der Waals surface area contributed by atoms with Crippen molar-refractivity contribution >= 4 is 11.9 Å². The van der Waals surface area contributed by atoms with Gasteiger partial charge in [0, 0.05) is 6.54 Å². The maximum Gasteiger partial charge on any atom is 0.409 e. The van der Waals surface area contributed by atoms with E-state index in [4.69, 9.17) is 5.11 Å². The highest BCUT2D eigenvalue weighted by atomic mass is 19.4. The molecule has 21 heavy (non-hydrogen) atoms. The first kappa shape index (κ1) is 19.5. The quantitative estimate of drug-likeness (QED) is 0.739. The van der Waals surface area contributed by atoms with Crippen LogP contribution in [0.4, 0.5) is 26.3 Å². The lowest BCUT2D eigenvalue weighted by atomic mass is 9.82. The zero-order valence-corrected chi connectivity index (χ0v) is 11.2. The monoisotopic (exact) mass is 323 g/mol. The molecule has 0 bridgehead atoms. The highest BCUT2D eigenvalue weighted by Crippen LogP contribution is 2.39.